The molecule has 1 aliphatic carbocycles. The molecule has 134 valence electrons. The molecule has 1 saturated carbocycles. The Kier molecular flexibility index (Phi) is 6.93. The molecule has 7 heteroatoms. The molecule has 5 nitrogen and oxygen atoms in total. The zero-order valence-corrected chi connectivity index (χ0v) is 13.7. The Balaban J connectivity index is 1.89. The number of aliphatic hydroxyl groups excluding tert-OH is 1. The highest BCUT2D eigenvalue weighted by atomic mass is 19.2. The number of carbonyl (C=O) groups excluding carboxylic acids is 1. The predicted molar refractivity (Wildman–Crippen MR) is 85.5 cm³/mol. The van der Waals surface area contributed by atoms with E-state index >= 15 is 0 Å². The molecule has 1 aliphatic rings. The zero-order valence-electron chi connectivity index (χ0n) is 13.7. The Hall–Kier alpha value is -1.73. The van der Waals surface area contributed by atoms with Gasteiger partial charge in [0.05, 0.1) is 18.8 Å². The van der Waals surface area contributed by atoms with Crippen molar-refractivity contribution in [3.05, 3.63) is 35.4 Å². The molecule has 3 atom stereocenters. The van der Waals surface area contributed by atoms with Gasteiger partial charge in [-0.2, -0.15) is 0 Å². The predicted octanol–water partition coefficient (Wildman–Crippen LogP) is 2.50. The highest BCUT2D eigenvalue weighted by molar-refractivity contribution is 5.74. The van der Waals surface area contributed by atoms with Gasteiger partial charge in [0.25, 0.3) is 0 Å². The second-order valence-corrected chi connectivity index (χ2v) is 6.22. The summed E-state index contributed by atoms with van der Waals surface area (Å²) in [6.07, 6.45) is 3.13. The van der Waals surface area contributed by atoms with Gasteiger partial charge >= 0.3 is 6.03 Å². The molecule has 1 fully saturated rings. The molecule has 2 rings (SSSR count). The lowest BCUT2D eigenvalue weighted by molar-refractivity contribution is 0.101. The Labute approximate surface area is 140 Å². The molecule has 0 spiro atoms. The number of hydrogen-bond donors (Lipinski definition) is 3. The van der Waals surface area contributed by atoms with Gasteiger partial charge < -0.3 is 20.5 Å². The molecule has 1 aromatic rings. The number of amides is 2. The van der Waals surface area contributed by atoms with Crippen molar-refractivity contribution in [2.45, 2.75) is 37.8 Å². The molecule has 3 unspecified atom stereocenters. The molecule has 0 radical (unpaired) electrons. The summed E-state index contributed by atoms with van der Waals surface area (Å²) in [5, 5.41) is 15.1. The SMILES string of the molecule is COCC(NC(=O)NCC1CCCC(O)C1)c1ccc(F)c(F)c1. The van der Waals surface area contributed by atoms with E-state index in [2.05, 4.69) is 10.6 Å². The Bertz CT molecular complexity index is 557. The second-order valence-electron chi connectivity index (χ2n) is 6.22. The van der Waals surface area contributed by atoms with E-state index in [9.17, 15) is 18.7 Å². The van der Waals surface area contributed by atoms with Crippen LogP contribution in [-0.2, 0) is 4.74 Å². The van der Waals surface area contributed by atoms with Gasteiger partial charge in [-0.1, -0.05) is 12.5 Å². The van der Waals surface area contributed by atoms with E-state index in [0.29, 0.717) is 18.5 Å². The molecule has 0 bridgehead atoms. The maximum absolute atomic E-state index is 13.4. The first-order chi connectivity index (χ1) is 11.5. The summed E-state index contributed by atoms with van der Waals surface area (Å²) < 4.78 is 31.5. The maximum atomic E-state index is 13.4. The van der Waals surface area contributed by atoms with Crippen molar-refractivity contribution in [3.63, 3.8) is 0 Å². The average molecular weight is 342 g/mol. The van der Waals surface area contributed by atoms with E-state index in [1.54, 1.807) is 0 Å². The number of aliphatic hydroxyl groups is 1. The Morgan fingerprint density at radius 1 is 1.38 bits per heavy atom. The van der Waals surface area contributed by atoms with E-state index in [0.717, 1.165) is 31.4 Å². The minimum absolute atomic E-state index is 0.140. The van der Waals surface area contributed by atoms with Gasteiger partial charge in [0.2, 0.25) is 0 Å². The van der Waals surface area contributed by atoms with Gasteiger partial charge in [0.1, 0.15) is 0 Å². The van der Waals surface area contributed by atoms with Crippen molar-refractivity contribution in [2.24, 2.45) is 5.92 Å². The van der Waals surface area contributed by atoms with Crippen LogP contribution >= 0.6 is 0 Å². The van der Waals surface area contributed by atoms with Crippen molar-refractivity contribution in [3.8, 4) is 0 Å². The number of benzene rings is 1. The van der Waals surface area contributed by atoms with E-state index in [1.165, 1.54) is 13.2 Å². The van der Waals surface area contributed by atoms with Crippen LogP contribution in [0.5, 0.6) is 0 Å². The van der Waals surface area contributed by atoms with Gasteiger partial charge in [-0.15, -0.1) is 0 Å². The maximum Gasteiger partial charge on any atom is 0.315 e. The number of methoxy groups -OCH3 is 1. The van der Waals surface area contributed by atoms with Gasteiger partial charge in [0, 0.05) is 13.7 Å². The molecule has 3 N–H and O–H groups in total. The number of hydrogen-bond acceptors (Lipinski definition) is 3. The number of rotatable bonds is 6. The Morgan fingerprint density at radius 2 is 2.17 bits per heavy atom. The van der Waals surface area contributed by atoms with Crippen molar-refractivity contribution < 1.29 is 23.4 Å². The summed E-state index contributed by atoms with van der Waals surface area (Å²) in [5.74, 6) is -1.65. The first-order valence-electron chi connectivity index (χ1n) is 8.16. The fourth-order valence-corrected chi connectivity index (χ4v) is 3.01. The van der Waals surface area contributed by atoms with Crippen LogP contribution in [-0.4, -0.2) is 37.5 Å². The minimum atomic E-state index is -0.966. The highest BCUT2D eigenvalue weighted by Gasteiger charge is 2.21. The van der Waals surface area contributed by atoms with Gasteiger partial charge in [-0.3, -0.25) is 0 Å². The molecule has 0 heterocycles. The minimum Gasteiger partial charge on any atom is -0.393 e. The van der Waals surface area contributed by atoms with Gasteiger partial charge in [-0.25, -0.2) is 13.6 Å². The first-order valence-corrected chi connectivity index (χ1v) is 8.16. The van der Waals surface area contributed by atoms with Crippen LogP contribution in [0.3, 0.4) is 0 Å². The number of nitrogens with one attached hydrogen (secondary N) is 2. The van der Waals surface area contributed by atoms with E-state index in [-0.39, 0.29) is 18.6 Å². The molecule has 24 heavy (non-hydrogen) atoms. The van der Waals surface area contributed by atoms with Crippen LogP contribution in [0.25, 0.3) is 0 Å². The largest absolute Gasteiger partial charge is 0.393 e. The normalized spacial score (nSPS) is 22.0. The third-order valence-corrected chi connectivity index (χ3v) is 4.29. The molecule has 0 aromatic heterocycles. The summed E-state index contributed by atoms with van der Waals surface area (Å²) in [4.78, 5) is 12.1. The van der Waals surface area contributed by atoms with Crippen molar-refractivity contribution in [1.29, 1.82) is 0 Å². The lowest BCUT2D eigenvalue weighted by Crippen LogP contribution is -2.42. The molecular formula is C17H24F2N2O3. The first kappa shape index (κ1) is 18.6. The van der Waals surface area contributed by atoms with Crippen LogP contribution in [0, 0.1) is 17.6 Å². The molecule has 0 aliphatic heterocycles. The number of urea groups is 1. The zero-order chi connectivity index (χ0) is 17.5. The second kappa shape index (κ2) is 8.94. The summed E-state index contributed by atoms with van der Waals surface area (Å²) >= 11 is 0. The number of ether oxygens (including phenoxy) is 1. The van der Waals surface area contributed by atoms with Crippen LogP contribution in [0.4, 0.5) is 13.6 Å². The van der Waals surface area contributed by atoms with Crippen LogP contribution < -0.4 is 10.6 Å². The fraction of sp³-hybridized carbons (Fsp3) is 0.588. The summed E-state index contributed by atoms with van der Waals surface area (Å²) in [7, 11) is 1.47. The summed E-state index contributed by atoms with van der Waals surface area (Å²) in [6, 6.07) is 2.51. The fourth-order valence-electron chi connectivity index (χ4n) is 3.01. The van der Waals surface area contributed by atoms with Crippen molar-refractivity contribution in [1.82, 2.24) is 10.6 Å². The molecule has 1 aromatic carbocycles. The van der Waals surface area contributed by atoms with E-state index in [1.807, 2.05) is 0 Å². The topological polar surface area (TPSA) is 70.6 Å². The third-order valence-electron chi connectivity index (χ3n) is 4.29. The third kappa shape index (κ3) is 5.42. The highest BCUT2D eigenvalue weighted by Crippen LogP contribution is 2.23. The molecule has 2 amide bonds. The summed E-state index contributed by atoms with van der Waals surface area (Å²) in [5.41, 5.74) is 0.430. The van der Waals surface area contributed by atoms with Crippen LogP contribution in [0.15, 0.2) is 18.2 Å². The standard InChI is InChI=1S/C17H24F2N2O3/c1-24-10-16(12-5-6-14(18)15(19)8-12)21-17(23)20-9-11-3-2-4-13(22)7-11/h5-6,8,11,13,16,22H,2-4,7,9-10H2,1H3,(H2,20,21,23). The average Bonchev–Trinajstić information content (AvgIpc) is 2.55. The van der Waals surface area contributed by atoms with E-state index in [4.69, 9.17) is 4.74 Å². The lowest BCUT2D eigenvalue weighted by Gasteiger charge is -2.26. The summed E-state index contributed by atoms with van der Waals surface area (Å²) in [6.45, 7) is 0.612. The molecular weight excluding hydrogens is 318 g/mol. The lowest BCUT2D eigenvalue weighted by atomic mass is 9.87. The Morgan fingerprint density at radius 3 is 2.83 bits per heavy atom. The van der Waals surface area contributed by atoms with Gasteiger partial charge in [-0.05, 0) is 42.9 Å². The van der Waals surface area contributed by atoms with E-state index < -0.39 is 23.7 Å². The monoisotopic (exact) mass is 342 g/mol. The quantitative estimate of drug-likeness (QED) is 0.744. The number of halogens is 2. The van der Waals surface area contributed by atoms with Crippen LogP contribution in [0.2, 0.25) is 0 Å². The molecule has 0 saturated heterocycles. The van der Waals surface area contributed by atoms with Crippen molar-refractivity contribution in [2.75, 3.05) is 20.3 Å². The van der Waals surface area contributed by atoms with Crippen LogP contribution in [0.1, 0.15) is 37.3 Å². The smallest absolute Gasteiger partial charge is 0.315 e. The number of carbonyl (C=O) groups is 1. The van der Waals surface area contributed by atoms with Crippen molar-refractivity contribution >= 4 is 6.03 Å². The van der Waals surface area contributed by atoms with Gasteiger partial charge in [0.15, 0.2) is 11.6 Å².